The van der Waals surface area contributed by atoms with E-state index in [4.69, 9.17) is 9.47 Å². The van der Waals surface area contributed by atoms with Gasteiger partial charge >= 0.3 is 18.2 Å². The second kappa shape index (κ2) is 13.2. The van der Waals surface area contributed by atoms with Crippen LogP contribution in [0.25, 0.3) is 0 Å². The molecule has 1 aliphatic heterocycles. The van der Waals surface area contributed by atoms with Crippen LogP contribution in [-0.4, -0.2) is 59.9 Å². The Bertz CT molecular complexity index is 1250. The fourth-order valence-corrected chi connectivity index (χ4v) is 4.93. The summed E-state index contributed by atoms with van der Waals surface area (Å²) >= 11 is 0. The van der Waals surface area contributed by atoms with Crippen LogP contribution >= 0.6 is 0 Å². The summed E-state index contributed by atoms with van der Waals surface area (Å²) in [6, 6.07) is 8.28. The average molecular weight is 557 g/mol. The number of carbonyl (C=O) groups excluding carboxylic acids is 3. The lowest BCUT2D eigenvalue weighted by atomic mass is 9.72. The summed E-state index contributed by atoms with van der Waals surface area (Å²) in [5.41, 5.74) is 2.16. The number of anilines is 1. The third-order valence-corrected chi connectivity index (χ3v) is 7.03. The van der Waals surface area contributed by atoms with Crippen molar-refractivity contribution in [3.63, 3.8) is 0 Å². The smallest absolute Gasteiger partial charge is 0.413 e. The second-order valence-electron chi connectivity index (χ2n) is 9.96. The highest BCUT2D eigenvalue weighted by Gasteiger charge is 2.36. The van der Waals surface area contributed by atoms with Crippen molar-refractivity contribution in [2.75, 3.05) is 24.6 Å². The van der Waals surface area contributed by atoms with Gasteiger partial charge in [0.25, 0.3) is 0 Å². The third kappa shape index (κ3) is 7.45. The first-order chi connectivity index (χ1) is 19.2. The van der Waals surface area contributed by atoms with E-state index in [0.717, 1.165) is 24.1 Å². The van der Waals surface area contributed by atoms with Crippen molar-refractivity contribution in [1.29, 1.82) is 0 Å². The van der Waals surface area contributed by atoms with Crippen LogP contribution in [0.4, 0.5) is 19.8 Å². The molecule has 1 aliphatic carbocycles. The van der Waals surface area contributed by atoms with Crippen LogP contribution in [0.1, 0.15) is 43.0 Å². The standard InChI is InChI=1S/C28H33FN4O7/c1-2-39-26(35)23(32-27(36)40-16-17-5-3-7-21(29)13-17)15-30-25(34)20-11-18(12-20)14-22-9-8-19-6-4-10-33(28(37)38)24(19)31-22/h3,5,7-9,13,18,20,23H,2,4,6,10-12,14-16H2,1H3,(H,30,34)(H,32,36)(H,37,38)/t18-,20-,23?. The van der Waals surface area contributed by atoms with Crippen LogP contribution < -0.4 is 15.5 Å². The minimum absolute atomic E-state index is 0.0918. The number of carboxylic acid groups (broad SMARTS) is 1. The molecule has 4 rings (SSSR count). The first-order valence-electron chi connectivity index (χ1n) is 13.3. The highest BCUT2D eigenvalue weighted by atomic mass is 19.1. The van der Waals surface area contributed by atoms with Gasteiger partial charge in [0.15, 0.2) is 0 Å². The molecule has 1 fully saturated rings. The molecule has 12 heteroatoms. The van der Waals surface area contributed by atoms with Gasteiger partial charge in [-0.25, -0.2) is 23.8 Å². The Morgan fingerprint density at radius 3 is 2.70 bits per heavy atom. The SMILES string of the molecule is CCOC(=O)C(CNC(=O)[C@H]1C[C@H](Cc2ccc3c(n2)N(C(=O)O)CCC3)C1)NC(=O)OCc1cccc(F)c1. The number of hydrogen-bond donors (Lipinski definition) is 3. The lowest BCUT2D eigenvalue weighted by Gasteiger charge is -2.34. The molecule has 1 aromatic carbocycles. The van der Waals surface area contributed by atoms with Gasteiger partial charge in [0.1, 0.15) is 24.3 Å². The Morgan fingerprint density at radius 2 is 1.98 bits per heavy atom. The molecule has 0 bridgehead atoms. The van der Waals surface area contributed by atoms with Crippen molar-refractivity contribution in [3.05, 3.63) is 59.0 Å². The van der Waals surface area contributed by atoms with E-state index >= 15 is 0 Å². The first kappa shape index (κ1) is 28.8. The Kier molecular flexibility index (Phi) is 9.52. The van der Waals surface area contributed by atoms with Crippen molar-refractivity contribution in [2.24, 2.45) is 11.8 Å². The van der Waals surface area contributed by atoms with E-state index in [2.05, 4.69) is 15.6 Å². The molecule has 1 aromatic heterocycles. The number of carbonyl (C=O) groups is 4. The molecule has 2 heterocycles. The minimum atomic E-state index is -1.16. The number of nitrogens with zero attached hydrogens (tertiary/aromatic N) is 2. The van der Waals surface area contributed by atoms with Crippen LogP contribution in [0.5, 0.6) is 0 Å². The predicted molar refractivity (Wildman–Crippen MR) is 141 cm³/mol. The van der Waals surface area contributed by atoms with Gasteiger partial charge in [-0.05, 0) is 74.3 Å². The van der Waals surface area contributed by atoms with Crippen molar-refractivity contribution < 1.29 is 38.1 Å². The largest absolute Gasteiger partial charge is 0.465 e. The number of aromatic nitrogens is 1. The van der Waals surface area contributed by atoms with Crippen LogP contribution in [0.15, 0.2) is 36.4 Å². The van der Waals surface area contributed by atoms with Crippen LogP contribution in [0.2, 0.25) is 0 Å². The number of alkyl carbamates (subject to hydrolysis) is 1. The monoisotopic (exact) mass is 556 g/mol. The molecule has 1 saturated carbocycles. The van der Waals surface area contributed by atoms with E-state index in [0.29, 0.717) is 37.2 Å². The summed E-state index contributed by atoms with van der Waals surface area (Å²) in [7, 11) is 0. The normalized spacial score (nSPS) is 18.5. The van der Waals surface area contributed by atoms with E-state index < -0.39 is 30.0 Å². The Hall–Kier alpha value is -4.22. The number of fused-ring (bicyclic) bond motifs is 1. The maximum absolute atomic E-state index is 13.3. The summed E-state index contributed by atoms with van der Waals surface area (Å²) < 4.78 is 23.4. The van der Waals surface area contributed by atoms with Gasteiger partial charge < -0.3 is 25.2 Å². The number of ether oxygens (including phenoxy) is 2. The lowest BCUT2D eigenvalue weighted by molar-refractivity contribution is -0.145. The number of halogens is 1. The van der Waals surface area contributed by atoms with Crippen LogP contribution in [0, 0.1) is 17.7 Å². The van der Waals surface area contributed by atoms with Gasteiger partial charge in [0.2, 0.25) is 5.91 Å². The lowest BCUT2D eigenvalue weighted by Crippen LogP contribution is -2.51. The molecule has 1 unspecified atom stereocenters. The zero-order valence-electron chi connectivity index (χ0n) is 22.2. The molecule has 214 valence electrons. The summed E-state index contributed by atoms with van der Waals surface area (Å²) in [5.74, 6) is -0.949. The molecular formula is C28H33FN4O7. The molecular weight excluding hydrogens is 523 g/mol. The van der Waals surface area contributed by atoms with Crippen LogP contribution in [-0.2, 0) is 38.5 Å². The molecule has 3 N–H and O–H groups in total. The molecule has 0 saturated heterocycles. The average Bonchev–Trinajstić information content (AvgIpc) is 2.91. The van der Waals surface area contributed by atoms with Gasteiger partial charge in [-0.3, -0.25) is 9.69 Å². The zero-order chi connectivity index (χ0) is 28.6. The maximum Gasteiger partial charge on any atom is 0.413 e. The van der Waals surface area contributed by atoms with Gasteiger partial charge in [-0.2, -0.15) is 0 Å². The number of nitrogens with one attached hydrogen (secondary N) is 2. The Morgan fingerprint density at radius 1 is 1.18 bits per heavy atom. The molecule has 40 heavy (non-hydrogen) atoms. The van der Waals surface area contributed by atoms with Crippen molar-refractivity contribution >= 4 is 29.9 Å². The van der Waals surface area contributed by atoms with E-state index in [1.165, 1.54) is 23.1 Å². The Balaban J connectivity index is 1.24. The summed E-state index contributed by atoms with van der Waals surface area (Å²) in [6.45, 7) is 1.78. The number of aryl methyl sites for hydroxylation is 1. The minimum Gasteiger partial charge on any atom is -0.465 e. The van der Waals surface area contributed by atoms with E-state index in [-0.39, 0.29) is 37.5 Å². The van der Waals surface area contributed by atoms with E-state index in [1.807, 2.05) is 12.1 Å². The number of benzene rings is 1. The maximum atomic E-state index is 13.3. The highest BCUT2D eigenvalue weighted by molar-refractivity contribution is 5.86. The van der Waals surface area contributed by atoms with Gasteiger partial charge in [0, 0.05) is 24.7 Å². The summed E-state index contributed by atoms with van der Waals surface area (Å²) in [5, 5.41) is 14.6. The summed E-state index contributed by atoms with van der Waals surface area (Å²) in [4.78, 5) is 54.7. The van der Waals surface area contributed by atoms with E-state index in [9.17, 15) is 28.7 Å². The van der Waals surface area contributed by atoms with Crippen molar-refractivity contribution in [3.8, 4) is 0 Å². The number of esters is 1. The molecule has 11 nitrogen and oxygen atoms in total. The predicted octanol–water partition coefficient (Wildman–Crippen LogP) is 3.19. The number of amides is 3. The van der Waals surface area contributed by atoms with Gasteiger partial charge in [0.05, 0.1) is 6.61 Å². The van der Waals surface area contributed by atoms with Crippen molar-refractivity contribution in [1.82, 2.24) is 15.6 Å². The van der Waals surface area contributed by atoms with Gasteiger partial charge in [-0.1, -0.05) is 18.2 Å². The highest BCUT2D eigenvalue weighted by Crippen LogP contribution is 2.36. The second-order valence-corrected chi connectivity index (χ2v) is 9.96. The molecule has 2 aliphatic rings. The molecule has 0 radical (unpaired) electrons. The number of rotatable bonds is 10. The van der Waals surface area contributed by atoms with Gasteiger partial charge in [-0.15, -0.1) is 0 Å². The Labute approximate surface area is 231 Å². The number of hydrogen-bond acceptors (Lipinski definition) is 7. The zero-order valence-corrected chi connectivity index (χ0v) is 22.2. The molecule has 3 amide bonds. The fourth-order valence-electron chi connectivity index (χ4n) is 4.93. The molecule has 2 aromatic rings. The third-order valence-electron chi connectivity index (χ3n) is 7.03. The molecule has 1 atom stereocenters. The first-order valence-corrected chi connectivity index (χ1v) is 13.3. The van der Waals surface area contributed by atoms with E-state index in [1.54, 1.807) is 13.0 Å². The van der Waals surface area contributed by atoms with Crippen LogP contribution in [0.3, 0.4) is 0 Å². The molecule has 0 spiro atoms. The quantitative estimate of drug-likeness (QED) is 0.378. The topological polar surface area (TPSA) is 147 Å². The summed E-state index contributed by atoms with van der Waals surface area (Å²) in [6.07, 6.45) is 1.53. The number of pyridine rings is 1. The fraction of sp³-hybridized carbons (Fsp3) is 0.464. The van der Waals surface area contributed by atoms with Crippen molar-refractivity contribution in [2.45, 2.75) is 51.7 Å².